The number of pyridine rings is 2. The van der Waals surface area contributed by atoms with Crippen molar-refractivity contribution in [2.45, 2.75) is 65.0 Å². The highest BCUT2D eigenvalue weighted by molar-refractivity contribution is 6.01. The average Bonchev–Trinajstić information content (AvgIpc) is 3.12. The number of rotatable bonds is 4. The molecule has 1 aliphatic heterocycles. The molecule has 3 aromatic heterocycles. The fourth-order valence-corrected chi connectivity index (χ4v) is 4.64. The lowest BCUT2D eigenvalue weighted by Gasteiger charge is -2.33. The molecule has 6 heteroatoms. The van der Waals surface area contributed by atoms with Gasteiger partial charge in [-0.05, 0) is 63.3 Å². The Morgan fingerprint density at radius 2 is 2.03 bits per heavy atom. The fraction of sp³-hybridized carbons (Fsp3) is 0.400. The van der Waals surface area contributed by atoms with E-state index in [1.54, 1.807) is 6.20 Å². The van der Waals surface area contributed by atoms with Gasteiger partial charge >= 0.3 is 0 Å². The maximum Gasteiger partial charge on any atom is 0.253 e. The summed E-state index contributed by atoms with van der Waals surface area (Å²) in [5, 5.41) is 3.22. The Hall–Kier alpha value is -3.15. The molecule has 1 aliphatic carbocycles. The van der Waals surface area contributed by atoms with E-state index in [1.807, 2.05) is 32.2 Å². The van der Waals surface area contributed by atoms with Crippen molar-refractivity contribution in [2.75, 3.05) is 0 Å². The maximum atomic E-state index is 12.9. The second kappa shape index (κ2) is 7.22. The largest absolute Gasteiger partial charge is 0.475 e. The predicted molar refractivity (Wildman–Crippen MR) is 120 cm³/mol. The number of hydrogen-bond acceptors (Lipinski definition) is 4. The van der Waals surface area contributed by atoms with Crippen molar-refractivity contribution < 1.29 is 9.53 Å². The number of fused-ring (bicyclic) bond motifs is 5. The molecule has 4 heterocycles. The molecule has 1 amide bonds. The van der Waals surface area contributed by atoms with Gasteiger partial charge in [-0.1, -0.05) is 6.92 Å². The zero-order chi connectivity index (χ0) is 21.8. The van der Waals surface area contributed by atoms with Gasteiger partial charge in [0.2, 0.25) is 5.88 Å². The summed E-state index contributed by atoms with van der Waals surface area (Å²) in [5.41, 5.74) is 8.06. The molecule has 0 saturated heterocycles. The highest BCUT2D eigenvalue weighted by atomic mass is 16.5. The first-order valence-corrected chi connectivity index (χ1v) is 11.1. The smallest absolute Gasteiger partial charge is 0.253 e. The maximum absolute atomic E-state index is 12.9. The third-order valence-electron chi connectivity index (χ3n) is 6.46. The van der Waals surface area contributed by atoms with E-state index < -0.39 is 0 Å². The third kappa shape index (κ3) is 3.40. The van der Waals surface area contributed by atoms with Crippen molar-refractivity contribution in [1.82, 2.24) is 20.3 Å². The van der Waals surface area contributed by atoms with Crippen molar-refractivity contribution in [1.29, 1.82) is 0 Å². The van der Waals surface area contributed by atoms with Gasteiger partial charge in [-0.25, -0.2) is 4.98 Å². The summed E-state index contributed by atoms with van der Waals surface area (Å²) < 4.78 is 5.65. The molecule has 6 nitrogen and oxygen atoms in total. The Balaban J connectivity index is 1.54. The lowest BCUT2D eigenvalue weighted by molar-refractivity contribution is 0.0883. The standard InChI is InChI=1S/C25H28N4O2/c1-5-25(4)11-20-22(24(30)29-25)17-8-6-15-12-26-19(10-18(15)23(17)28-20)16-7-9-21(27-13-16)31-14(2)3/h7,9-10,12-14,28H,5-6,8,11H2,1-4H3,(H,29,30). The van der Waals surface area contributed by atoms with Crippen LogP contribution in [0.25, 0.3) is 22.5 Å². The van der Waals surface area contributed by atoms with Crippen LogP contribution in [0.2, 0.25) is 0 Å². The number of nitrogens with one attached hydrogen (secondary N) is 2. The van der Waals surface area contributed by atoms with Gasteiger partial charge in [0.05, 0.1) is 23.1 Å². The molecule has 0 bridgehead atoms. The number of nitrogens with zero attached hydrogens (tertiary/aromatic N) is 2. The van der Waals surface area contributed by atoms with Gasteiger partial charge in [-0.3, -0.25) is 9.78 Å². The van der Waals surface area contributed by atoms with Crippen LogP contribution in [0.5, 0.6) is 5.88 Å². The molecule has 1 atom stereocenters. The summed E-state index contributed by atoms with van der Waals surface area (Å²) in [6.45, 7) is 8.20. The number of carbonyl (C=O) groups is 1. The number of amides is 1. The van der Waals surface area contributed by atoms with E-state index in [4.69, 9.17) is 4.74 Å². The zero-order valence-corrected chi connectivity index (χ0v) is 18.5. The van der Waals surface area contributed by atoms with Crippen LogP contribution in [-0.4, -0.2) is 32.5 Å². The van der Waals surface area contributed by atoms with E-state index in [-0.39, 0.29) is 17.6 Å². The number of H-pyrrole nitrogens is 1. The molecule has 1 unspecified atom stereocenters. The van der Waals surface area contributed by atoms with Crippen LogP contribution in [0.4, 0.5) is 0 Å². The van der Waals surface area contributed by atoms with E-state index in [0.717, 1.165) is 65.0 Å². The summed E-state index contributed by atoms with van der Waals surface area (Å²) in [5.74, 6) is 0.659. The number of ether oxygens (including phenoxy) is 1. The van der Waals surface area contributed by atoms with E-state index in [1.165, 1.54) is 5.56 Å². The number of aromatic amines is 1. The lowest BCUT2D eigenvalue weighted by Crippen LogP contribution is -2.51. The number of aryl methyl sites for hydroxylation is 1. The first-order chi connectivity index (χ1) is 14.9. The minimum Gasteiger partial charge on any atom is -0.475 e. The van der Waals surface area contributed by atoms with E-state index >= 15 is 0 Å². The topological polar surface area (TPSA) is 79.9 Å². The predicted octanol–water partition coefficient (Wildman–Crippen LogP) is 4.48. The first kappa shape index (κ1) is 19.8. The van der Waals surface area contributed by atoms with Gasteiger partial charge in [0, 0.05) is 47.2 Å². The highest BCUT2D eigenvalue weighted by Crippen LogP contribution is 2.40. The minimum atomic E-state index is -0.199. The van der Waals surface area contributed by atoms with Gasteiger partial charge < -0.3 is 15.0 Å². The number of carbonyl (C=O) groups excluding carboxylic acids is 1. The van der Waals surface area contributed by atoms with Crippen molar-refractivity contribution in [3.63, 3.8) is 0 Å². The Morgan fingerprint density at radius 3 is 2.74 bits per heavy atom. The molecular weight excluding hydrogens is 388 g/mol. The molecule has 0 aromatic carbocycles. The lowest BCUT2D eigenvalue weighted by atomic mass is 9.84. The molecule has 5 rings (SSSR count). The Kier molecular flexibility index (Phi) is 4.61. The molecular formula is C25H28N4O2. The molecule has 3 aromatic rings. The quantitative estimate of drug-likeness (QED) is 0.657. The van der Waals surface area contributed by atoms with E-state index in [9.17, 15) is 4.79 Å². The monoisotopic (exact) mass is 416 g/mol. The van der Waals surface area contributed by atoms with Crippen LogP contribution in [0.3, 0.4) is 0 Å². The summed E-state index contributed by atoms with van der Waals surface area (Å²) in [6.07, 6.45) is 7.32. The normalized spacial score (nSPS) is 19.5. The molecule has 0 spiro atoms. The van der Waals surface area contributed by atoms with Crippen LogP contribution in [0, 0.1) is 0 Å². The molecule has 160 valence electrons. The third-order valence-corrected chi connectivity index (χ3v) is 6.46. The number of aromatic nitrogens is 3. The highest BCUT2D eigenvalue weighted by Gasteiger charge is 2.37. The molecule has 0 saturated carbocycles. The zero-order valence-electron chi connectivity index (χ0n) is 18.5. The Bertz CT molecular complexity index is 1160. The summed E-state index contributed by atoms with van der Waals surface area (Å²) in [4.78, 5) is 25.7. The van der Waals surface area contributed by atoms with Gasteiger partial charge in [0.25, 0.3) is 5.91 Å². The fourth-order valence-electron chi connectivity index (χ4n) is 4.64. The molecule has 0 radical (unpaired) electrons. The van der Waals surface area contributed by atoms with Crippen molar-refractivity contribution in [3.05, 3.63) is 53.0 Å². The first-order valence-electron chi connectivity index (χ1n) is 11.1. The Morgan fingerprint density at radius 1 is 1.19 bits per heavy atom. The van der Waals surface area contributed by atoms with Gasteiger partial charge in [0.15, 0.2) is 0 Å². The SMILES string of the molecule is CCC1(C)Cc2[nH]c3c(c2C(=O)N1)CCc1cnc(-c2ccc(OC(C)C)nc2)cc1-3. The molecule has 0 fully saturated rings. The van der Waals surface area contributed by atoms with Gasteiger partial charge in [-0.15, -0.1) is 0 Å². The minimum absolute atomic E-state index is 0.0470. The number of hydrogen-bond donors (Lipinski definition) is 2. The summed E-state index contributed by atoms with van der Waals surface area (Å²) in [6, 6.07) is 5.99. The van der Waals surface area contributed by atoms with E-state index in [0.29, 0.717) is 5.88 Å². The van der Waals surface area contributed by atoms with Crippen molar-refractivity contribution >= 4 is 5.91 Å². The van der Waals surface area contributed by atoms with Crippen LogP contribution >= 0.6 is 0 Å². The second-order valence-corrected chi connectivity index (χ2v) is 9.16. The molecule has 31 heavy (non-hydrogen) atoms. The van der Waals surface area contributed by atoms with Crippen LogP contribution in [-0.2, 0) is 19.3 Å². The average molecular weight is 417 g/mol. The molecule has 2 aliphatic rings. The van der Waals surface area contributed by atoms with Crippen molar-refractivity contribution in [3.8, 4) is 28.4 Å². The summed E-state index contributed by atoms with van der Waals surface area (Å²) in [7, 11) is 0. The van der Waals surface area contributed by atoms with Crippen LogP contribution in [0.15, 0.2) is 30.6 Å². The molecule has 2 N–H and O–H groups in total. The van der Waals surface area contributed by atoms with Crippen LogP contribution < -0.4 is 10.1 Å². The Labute approximate surface area is 182 Å². The summed E-state index contributed by atoms with van der Waals surface area (Å²) >= 11 is 0. The van der Waals surface area contributed by atoms with Crippen molar-refractivity contribution in [2.24, 2.45) is 0 Å². The van der Waals surface area contributed by atoms with E-state index in [2.05, 4.69) is 40.2 Å². The van der Waals surface area contributed by atoms with Crippen LogP contribution in [0.1, 0.15) is 61.3 Å². The van der Waals surface area contributed by atoms with Gasteiger partial charge in [-0.2, -0.15) is 0 Å². The van der Waals surface area contributed by atoms with Gasteiger partial charge in [0.1, 0.15) is 0 Å². The second-order valence-electron chi connectivity index (χ2n) is 9.16.